The number of carbonyl (C=O) groups excluding carboxylic acids is 2. The third-order valence-electron chi connectivity index (χ3n) is 3.52. The smallest absolute Gasteiger partial charge is 0.243 e. The maximum absolute atomic E-state index is 12.3. The molecule has 1 saturated heterocycles. The third-order valence-corrected chi connectivity index (χ3v) is 4.66. The summed E-state index contributed by atoms with van der Waals surface area (Å²) >= 11 is 0. The van der Waals surface area contributed by atoms with E-state index in [9.17, 15) is 18.0 Å². The zero-order valence-corrected chi connectivity index (χ0v) is 14.5. The Morgan fingerprint density at radius 3 is 2.29 bits per heavy atom. The number of ether oxygens (including phenoxy) is 1. The lowest BCUT2D eigenvalue weighted by Crippen LogP contribution is -2.47. The SMILES string of the molecule is CC(=O)Nc1ccc(N(CC(=O)N2CCOCC2)S(C)(=O)=O)cc1. The van der Waals surface area contributed by atoms with Crippen molar-refractivity contribution in [3.63, 3.8) is 0 Å². The number of rotatable bonds is 5. The highest BCUT2D eigenvalue weighted by Crippen LogP contribution is 2.20. The summed E-state index contributed by atoms with van der Waals surface area (Å²) in [5, 5.41) is 2.61. The number of benzene rings is 1. The maximum atomic E-state index is 12.3. The number of nitrogens with one attached hydrogen (secondary N) is 1. The molecule has 0 radical (unpaired) electrons. The van der Waals surface area contributed by atoms with Crippen molar-refractivity contribution in [3.05, 3.63) is 24.3 Å². The fraction of sp³-hybridized carbons (Fsp3) is 0.467. The standard InChI is InChI=1S/C15H21N3O5S/c1-12(19)16-13-3-5-14(6-4-13)18(24(2,21)22)11-15(20)17-7-9-23-10-8-17/h3-6H,7-11H2,1-2H3,(H,16,19). The van der Waals surface area contributed by atoms with Gasteiger partial charge in [-0.1, -0.05) is 0 Å². The molecule has 0 aliphatic carbocycles. The highest BCUT2D eigenvalue weighted by atomic mass is 32.2. The van der Waals surface area contributed by atoms with Crippen LogP contribution >= 0.6 is 0 Å². The normalized spacial score (nSPS) is 15.0. The molecule has 1 fully saturated rings. The van der Waals surface area contributed by atoms with E-state index >= 15 is 0 Å². The van der Waals surface area contributed by atoms with Crippen molar-refractivity contribution in [2.45, 2.75) is 6.92 Å². The Labute approximate surface area is 141 Å². The van der Waals surface area contributed by atoms with Gasteiger partial charge >= 0.3 is 0 Å². The number of hydrogen-bond acceptors (Lipinski definition) is 5. The van der Waals surface area contributed by atoms with Crippen LogP contribution in [0.25, 0.3) is 0 Å². The molecule has 1 aromatic rings. The molecule has 2 amide bonds. The van der Waals surface area contributed by atoms with Crippen LogP contribution in [0.5, 0.6) is 0 Å². The molecule has 0 spiro atoms. The molecule has 24 heavy (non-hydrogen) atoms. The number of morpholine rings is 1. The molecule has 9 heteroatoms. The Hall–Kier alpha value is -2.13. The van der Waals surface area contributed by atoms with E-state index in [1.165, 1.54) is 6.92 Å². The maximum Gasteiger partial charge on any atom is 0.243 e. The lowest BCUT2D eigenvalue weighted by atomic mass is 10.2. The molecule has 8 nitrogen and oxygen atoms in total. The Morgan fingerprint density at radius 1 is 1.21 bits per heavy atom. The van der Waals surface area contributed by atoms with Gasteiger partial charge in [0.2, 0.25) is 21.8 Å². The second-order valence-electron chi connectivity index (χ2n) is 5.49. The number of anilines is 2. The van der Waals surface area contributed by atoms with Crippen LogP contribution in [0.3, 0.4) is 0 Å². The monoisotopic (exact) mass is 355 g/mol. The highest BCUT2D eigenvalue weighted by molar-refractivity contribution is 7.92. The van der Waals surface area contributed by atoms with Crippen molar-refractivity contribution in [3.8, 4) is 0 Å². The van der Waals surface area contributed by atoms with Gasteiger partial charge in [-0.05, 0) is 24.3 Å². The molecule has 0 bridgehead atoms. The zero-order valence-electron chi connectivity index (χ0n) is 13.7. The summed E-state index contributed by atoms with van der Waals surface area (Å²) in [4.78, 5) is 25.0. The minimum Gasteiger partial charge on any atom is -0.378 e. The number of amides is 2. The molecular weight excluding hydrogens is 334 g/mol. The molecule has 0 atom stereocenters. The van der Waals surface area contributed by atoms with Crippen molar-refractivity contribution in [2.75, 3.05) is 48.7 Å². The van der Waals surface area contributed by atoms with Gasteiger partial charge in [0.1, 0.15) is 6.54 Å². The second kappa shape index (κ2) is 7.63. The number of nitrogens with zero attached hydrogens (tertiary/aromatic N) is 2. The average Bonchev–Trinajstić information content (AvgIpc) is 2.52. The Kier molecular flexibility index (Phi) is 5.79. The van der Waals surface area contributed by atoms with Crippen LogP contribution in [0.15, 0.2) is 24.3 Å². The first-order valence-electron chi connectivity index (χ1n) is 7.48. The van der Waals surface area contributed by atoms with Crippen LogP contribution in [0.1, 0.15) is 6.92 Å². The topological polar surface area (TPSA) is 96.0 Å². The molecule has 1 aromatic carbocycles. The largest absolute Gasteiger partial charge is 0.378 e. The average molecular weight is 355 g/mol. The van der Waals surface area contributed by atoms with Gasteiger partial charge in [-0.25, -0.2) is 8.42 Å². The Balaban J connectivity index is 2.16. The minimum absolute atomic E-state index is 0.217. The van der Waals surface area contributed by atoms with E-state index in [0.29, 0.717) is 37.7 Å². The highest BCUT2D eigenvalue weighted by Gasteiger charge is 2.25. The van der Waals surface area contributed by atoms with Crippen molar-refractivity contribution in [1.29, 1.82) is 0 Å². The summed E-state index contributed by atoms with van der Waals surface area (Å²) in [5.41, 5.74) is 0.924. The third kappa shape index (κ3) is 4.93. The molecule has 1 aliphatic heterocycles. The van der Waals surface area contributed by atoms with Gasteiger partial charge in [-0.3, -0.25) is 13.9 Å². The number of hydrogen-bond donors (Lipinski definition) is 1. The quantitative estimate of drug-likeness (QED) is 0.818. The summed E-state index contributed by atoms with van der Waals surface area (Å²) in [6.07, 6.45) is 1.06. The second-order valence-corrected chi connectivity index (χ2v) is 7.40. The van der Waals surface area contributed by atoms with E-state index in [1.807, 2.05) is 0 Å². The lowest BCUT2D eigenvalue weighted by Gasteiger charge is -2.30. The predicted molar refractivity (Wildman–Crippen MR) is 90.3 cm³/mol. The van der Waals surface area contributed by atoms with Gasteiger partial charge in [0, 0.05) is 25.7 Å². The van der Waals surface area contributed by atoms with Crippen molar-refractivity contribution >= 4 is 33.2 Å². The summed E-state index contributed by atoms with van der Waals surface area (Å²) in [6, 6.07) is 6.29. The van der Waals surface area contributed by atoms with Gasteiger partial charge < -0.3 is 15.0 Å². The summed E-state index contributed by atoms with van der Waals surface area (Å²) < 4.78 is 30.4. The van der Waals surface area contributed by atoms with Crippen LogP contribution < -0.4 is 9.62 Å². The molecular formula is C15H21N3O5S. The van der Waals surface area contributed by atoms with E-state index in [-0.39, 0.29) is 18.4 Å². The predicted octanol–water partition coefficient (Wildman–Crippen LogP) is 0.270. The molecule has 0 saturated carbocycles. The van der Waals surface area contributed by atoms with E-state index in [4.69, 9.17) is 4.74 Å². The molecule has 132 valence electrons. The first kappa shape index (κ1) is 18.2. The molecule has 1 N–H and O–H groups in total. The first-order valence-corrected chi connectivity index (χ1v) is 9.33. The van der Waals surface area contributed by atoms with Gasteiger partial charge in [0.25, 0.3) is 0 Å². The van der Waals surface area contributed by atoms with E-state index in [0.717, 1.165) is 10.6 Å². The van der Waals surface area contributed by atoms with Crippen LogP contribution in [-0.2, 0) is 24.3 Å². The Bertz CT molecular complexity index is 696. The lowest BCUT2D eigenvalue weighted by molar-refractivity contribution is -0.133. The number of carbonyl (C=O) groups is 2. The zero-order chi connectivity index (χ0) is 17.7. The fourth-order valence-corrected chi connectivity index (χ4v) is 3.20. The molecule has 1 aliphatic rings. The summed E-state index contributed by atoms with van der Waals surface area (Å²) in [7, 11) is -3.62. The Morgan fingerprint density at radius 2 is 1.79 bits per heavy atom. The van der Waals surface area contributed by atoms with Crippen LogP contribution in [0.4, 0.5) is 11.4 Å². The minimum atomic E-state index is -3.62. The molecule has 1 heterocycles. The first-order chi connectivity index (χ1) is 11.3. The van der Waals surface area contributed by atoms with Gasteiger partial charge in [-0.15, -0.1) is 0 Å². The van der Waals surface area contributed by atoms with Crippen LogP contribution in [0, 0.1) is 0 Å². The fourth-order valence-electron chi connectivity index (χ4n) is 2.35. The van der Waals surface area contributed by atoms with Gasteiger partial charge in [0.05, 0.1) is 25.2 Å². The van der Waals surface area contributed by atoms with Crippen LogP contribution in [0.2, 0.25) is 0 Å². The van der Waals surface area contributed by atoms with Crippen molar-refractivity contribution in [2.24, 2.45) is 0 Å². The molecule has 0 unspecified atom stereocenters. The van der Waals surface area contributed by atoms with E-state index < -0.39 is 10.0 Å². The molecule has 0 aromatic heterocycles. The summed E-state index contributed by atoms with van der Waals surface area (Å²) in [5.74, 6) is -0.486. The van der Waals surface area contributed by atoms with Crippen molar-refractivity contribution < 1.29 is 22.7 Å². The van der Waals surface area contributed by atoms with Crippen LogP contribution in [-0.4, -0.2) is 64.2 Å². The number of sulfonamides is 1. The summed E-state index contributed by atoms with van der Waals surface area (Å²) in [6.45, 7) is 2.94. The van der Waals surface area contributed by atoms with Crippen molar-refractivity contribution in [1.82, 2.24) is 4.90 Å². The van der Waals surface area contributed by atoms with Gasteiger partial charge in [0.15, 0.2) is 0 Å². The van der Waals surface area contributed by atoms with E-state index in [1.54, 1.807) is 29.2 Å². The van der Waals surface area contributed by atoms with E-state index in [2.05, 4.69) is 5.32 Å². The van der Waals surface area contributed by atoms with Gasteiger partial charge in [-0.2, -0.15) is 0 Å². The molecule has 2 rings (SSSR count).